The molecule has 1 aliphatic heterocycles. The number of hydrogen-bond acceptors (Lipinski definition) is 5. The lowest BCUT2D eigenvalue weighted by atomic mass is 10.3. The molecule has 1 saturated heterocycles. The number of nitrogens with one attached hydrogen (secondary N) is 2. The maximum atomic E-state index is 12.0. The van der Waals surface area contributed by atoms with Gasteiger partial charge in [-0.3, -0.25) is 4.79 Å². The Labute approximate surface area is 140 Å². The van der Waals surface area contributed by atoms with Gasteiger partial charge in [0.05, 0.1) is 17.6 Å². The summed E-state index contributed by atoms with van der Waals surface area (Å²) in [6.07, 6.45) is 1.82. The van der Waals surface area contributed by atoms with E-state index in [-0.39, 0.29) is 5.91 Å². The molecule has 1 aliphatic rings. The van der Waals surface area contributed by atoms with Crippen LogP contribution in [0, 0.1) is 0 Å². The summed E-state index contributed by atoms with van der Waals surface area (Å²) in [5, 5.41) is 6.17. The molecule has 0 saturated carbocycles. The molecular formula is C17H20N4OS. The highest BCUT2D eigenvalue weighted by molar-refractivity contribution is 8.00. The molecule has 5 nitrogen and oxygen atoms in total. The zero-order valence-corrected chi connectivity index (χ0v) is 13.7. The summed E-state index contributed by atoms with van der Waals surface area (Å²) in [5.41, 5.74) is 1.10. The molecule has 1 aromatic heterocycles. The number of aromatic nitrogens is 1. The van der Waals surface area contributed by atoms with Crippen LogP contribution in [0.2, 0.25) is 0 Å². The molecule has 0 radical (unpaired) electrons. The number of carbonyl (C=O) groups is 1. The second-order valence-electron chi connectivity index (χ2n) is 5.29. The van der Waals surface area contributed by atoms with Gasteiger partial charge >= 0.3 is 0 Å². The fourth-order valence-corrected chi connectivity index (χ4v) is 3.13. The first-order valence-electron chi connectivity index (χ1n) is 7.71. The van der Waals surface area contributed by atoms with Crippen LogP contribution >= 0.6 is 11.8 Å². The van der Waals surface area contributed by atoms with Crippen molar-refractivity contribution >= 4 is 29.2 Å². The van der Waals surface area contributed by atoms with Crippen LogP contribution in [-0.2, 0) is 4.79 Å². The topological polar surface area (TPSA) is 57.3 Å². The van der Waals surface area contributed by atoms with Crippen molar-refractivity contribution in [2.24, 2.45) is 0 Å². The quantitative estimate of drug-likeness (QED) is 0.824. The van der Waals surface area contributed by atoms with Gasteiger partial charge in [0.25, 0.3) is 0 Å². The van der Waals surface area contributed by atoms with E-state index in [0.717, 1.165) is 36.8 Å². The van der Waals surface area contributed by atoms with Crippen molar-refractivity contribution in [1.82, 2.24) is 10.3 Å². The highest BCUT2D eigenvalue weighted by Gasteiger charge is 2.11. The van der Waals surface area contributed by atoms with Gasteiger partial charge in [-0.25, -0.2) is 4.98 Å². The van der Waals surface area contributed by atoms with Crippen molar-refractivity contribution < 1.29 is 4.79 Å². The Bertz CT molecular complexity index is 627. The third kappa shape index (κ3) is 4.71. The molecule has 2 heterocycles. The molecule has 0 bridgehead atoms. The summed E-state index contributed by atoms with van der Waals surface area (Å²) in [7, 11) is 0. The van der Waals surface area contributed by atoms with Crippen molar-refractivity contribution in [3.63, 3.8) is 0 Å². The molecule has 0 atom stereocenters. The van der Waals surface area contributed by atoms with Gasteiger partial charge < -0.3 is 15.5 Å². The third-order valence-corrected chi connectivity index (χ3v) is 4.62. The van der Waals surface area contributed by atoms with Crippen LogP contribution in [0.15, 0.2) is 53.6 Å². The average molecular weight is 328 g/mol. The SMILES string of the molecule is O=C(CSc1ccccc1)Nc1ccc(N2CCNCC2)cn1. The van der Waals surface area contributed by atoms with Crippen LogP contribution in [0.1, 0.15) is 0 Å². The molecule has 120 valence electrons. The molecule has 2 N–H and O–H groups in total. The molecule has 2 aromatic rings. The van der Waals surface area contributed by atoms with Crippen LogP contribution in [-0.4, -0.2) is 42.8 Å². The van der Waals surface area contributed by atoms with Gasteiger partial charge in [-0.1, -0.05) is 18.2 Å². The Kier molecular flexibility index (Phi) is 5.50. The predicted octanol–water partition coefficient (Wildman–Crippen LogP) is 2.22. The Morgan fingerprint density at radius 2 is 1.96 bits per heavy atom. The maximum Gasteiger partial charge on any atom is 0.235 e. The maximum absolute atomic E-state index is 12.0. The lowest BCUT2D eigenvalue weighted by Crippen LogP contribution is -2.43. The van der Waals surface area contributed by atoms with Gasteiger partial charge in [0.15, 0.2) is 0 Å². The summed E-state index contributed by atoms with van der Waals surface area (Å²) in [6.45, 7) is 3.96. The molecule has 0 aliphatic carbocycles. The molecule has 6 heteroatoms. The minimum Gasteiger partial charge on any atom is -0.368 e. The number of rotatable bonds is 5. The number of amides is 1. The first-order chi connectivity index (χ1) is 11.3. The Morgan fingerprint density at radius 3 is 2.65 bits per heavy atom. The number of thioether (sulfide) groups is 1. The largest absolute Gasteiger partial charge is 0.368 e. The zero-order chi connectivity index (χ0) is 15.9. The van der Waals surface area contributed by atoms with Crippen molar-refractivity contribution in [3.05, 3.63) is 48.7 Å². The molecule has 23 heavy (non-hydrogen) atoms. The summed E-state index contributed by atoms with van der Waals surface area (Å²) >= 11 is 1.52. The zero-order valence-electron chi connectivity index (χ0n) is 12.9. The number of benzene rings is 1. The van der Waals surface area contributed by atoms with Crippen LogP contribution in [0.5, 0.6) is 0 Å². The smallest absolute Gasteiger partial charge is 0.235 e. The minimum atomic E-state index is -0.0405. The molecule has 0 unspecified atom stereocenters. The van der Waals surface area contributed by atoms with Gasteiger partial charge in [-0.05, 0) is 24.3 Å². The lowest BCUT2D eigenvalue weighted by molar-refractivity contribution is -0.113. The third-order valence-electron chi connectivity index (χ3n) is 3.61. The number of pyridine rings is 1. The summed E-state index contributed by atoms with van der Waals surface area (Å²) in [5.74, 6) is 0.939. The Balaban J connectivity index is 1.50. The van der Waals surface area contributed by atoms with E-state index in [2.05, 4.69) is 20.5 Å². The van der Waals surface area contributed by atoms with E-state index in [1.54, 1.807) is 0 Å². The first kappa shape index (κ1) is 15.8. The van der Waals surface area contributed by atoms with Gasteiger partial charge in [-0.2, -0.15) is 0 Å². The predicted molar refractivity (Wildman–Crippen MR) is 95.1 cm³/mol. The van der Waals surface area contributed by atoms with Gasteiger partial charge in [0.2, 0.25) is 5.91 Å². The van der Waals surface area contributed by atoms with E-state index >= 15 is 0 Å². The van der Waals surface area contributed by atoms with Crippen LogP contribution in [0.25, 0.3) is 0 Å². The lowest BCUT2D eigenvalue weighted by Gasteiger charge is -2.29. The van der Waals surface area contributed by atoms with E-state index < -0.39 is 0 Å². The van der Waals surface area contributed by atoms with Crippen molar-refractivity contribution in [2.45, 2.75) is 4.90 Å². The fraction of sp³-hybridized carbons (Fsp3) is 0.294. The molecule has 1 fully saturated rings. The summed E-state index contributed by atoms with van der Waals surface area (Å²) in [4.78, 5) is 19.7. The average Bonchev–Trinajstić information content (AvgIpc) is 2.62. The fourth-order valence-electron chi connectivity index (χ4n) is 2.41. The van der Waals surface area contributed by atoms with Crippen LogP contribution in [0.3, 0.4) is 0 Å². The van der Waals surface area contributed by atoms with Gasteiger partial charge in [0, 0.05) is 31.1 Å². The number of piperazine rings is 1. The number of anilines is 2. The monoisotopic (exact) mass is 328 g/mol. The van der Waals surface area contributed by atoms with E-state index in [4.69, 9.17) is 0 Å². The molecule has 1 amide bonds. The first-order valence-corrected chi connectivity index (χ1v) is 8.69. The normalized spacial score (nSPS) is 14.5. The molecule has 0 spiro atoms. The number of hydrogen-bond donors (Lipinski definition) is 2. The number of carbonyl (C=O) groups excluding carboxylic acids is 1. The Morgan fingerprint density at radius 1 is 1.17 bits per heavy atom. The molecule has 3 rings (SSSR count). The highest BCUT2D eigenvalue weighted by atomic mass is 32.2. The summed E-state index contributed by atoms with van der Waals surface area (Å²) < 4.78 is 0. The summed E-state index contributed by atoms with van der Waals surface area (Å²) in [6, 6.07) is 13.8. The van der Waals surface area contributed by atoms with Gasteiger partial charge in [0.1, 0.15) is 5.82 Å². The molecule has 1 aromatic carbocycles. The van der Waals surface area contributed by atoms with E-state index in [0.29, 0.717) is 11.6 Å². The van der Waals surface area contributed by atoms with E-state index in [1.807, 2.05) is 48.7 Å². The Hall–Kier alpha value is -2.05. The van der Waals surface area contributed by atoms with Crippen LogP contribution in [0.4, 0.5) is 11.5 Å². The van der Waals surface area contributed by atoms with E-state index in [9.17, 15) is 4.79 Å². The molecular weight excluding hydrogens is 308 g/mol. The number of nitrogens with zero attached hydrogens (tertiary/aromatic N) is 2. The minimum absolute atomic E-state index is 0.0405. The second-order valence-corrected chi connectivity index (χ2v) is 6.34. The van der Waals surface area contributed by atoms with Gasteiger partial charge in [-0.15, -0.1) is 11.8 Å². The van der Waals surface area contributed by atoms with Crippen molar-refractivity contribution in [2.75, 3.05) is 42.1 Å². The van der Waals surface area contributed by atoms with E-state index in [1.165, 1.54) is 11.8 Å². The standard InChI is InChI=1S/C17H20N4OS/c22-17(13-23-15-4-2-1-3-5-15)20-16-7-6-14(12-19-16)21-10-8-18-9-11-21/h1-7,12,18H,8-11,13H2,(H,19,20,22). The van der Waals surface area contributed by atoms with Crippen molar-refractivity contribution in [1.29, 1.82) is 0 Å². The van der Waals surface area contributed by atoms with Crippen molar-refractivity contribution in [3.8, 4) is 0 Å². The van der Waals surface area contributed by atoms with Crippen LogP contribution < -0.4 is 15.5 Å². The highest BCUT2D eigenvalue weighted by Crippen LogP contribution is 2.18. The second kappa shape index (κ2) is 7.99.